The fourth-order valence-electron chi connectivity index (χ4n) is 3.75. The fourth-order valence-corrected chi connectivity index (χ4v) is 3.88. The average molecular weight is 453 g/mol. The van der Waals surface area contributed by atoms with Crippen LogP contribution in [0.3, 0.4) is 0 Å². The lowest BCUT2D eigenvalue weighted by Gasteiger charge is -2.21. The van der Waals surface area contributed by atoms with Crippen LogP contribution >= 0.6 is 11.6 Å². The largest absolute Gasteiger partial charge is 0.416 e. The van der Waals surface area contributed by atoms with Gasteiger partial charge in [-0.15, -0.1) is 0 Å². The zero-order valence-corrected chi connectivity index (χ0v) is 17.4. The van der Waals surface area contributed by atoms with Gasteiger partial charge in [0, 0.05) is 34.1 Å². The minimum absolute atomic E-state index is 0.00343. The number of para-hydroxylation sites is 1. The molecule has 1 heterocycles. The summed E-state index contributed by atoms with van der Waals surface area (Å²) in [5.74, 6) is -0.192. The Balaban J connectivity index is 1.81. The van der Waals surface area contributed by atoms with Gasteiger partial charge in [0.15, 0.2) is 5.78 Å². The number of aromatic nitrogens is 1. The lowest BCUT2D eigenvalue weighted by atomic mass is 9.96. The van der Waals surface area contributed by atoms with Crippen molar-refractivity contribution in [2.24, 2.45) is 0 Å². The summed E-state index contributed by atoms with van der Waals surface area (Å²) in [6.45, 7) is 0. The molecule has 0 aliphatic heterocycles. The number of fused-ring (bicyclic) bond motifs is 1. The number of hydrogen-bond acceptors (Lipinski definition) is 2. The standard InChI is InChI=1S/C25H16ClF3N2O/c26-20-11-7-17(8-12-20)24(32)13-23(16-5-9-19(10-6-16)25(27,28)29)31-15-18(14-30)21-3-1-2-4-22(21)31/h1-12,15,23H,13H2. The van der Waals surface area contributed by atoms with Gasteiger partial charge in [-0.25, -0.2) is 0 Å². The van der Waals surface area contributed by atoms with Gasteiger partial charge in [0.1, 0.15) is 6.07 Å². The molecule has 0 amide bonds. The molecule has 1 atom stereocenters. The number of benzene rings is 3. The molecule has 32 heavy (non-hydrogen) atoms. The normalized spacial score (nSPS) is 12.5. The number of halogens is 4. The second-order valence-electron chi connectivity index (χ2n) is 7.35. The summed E-state index contributed by atoms with van der Waals surface area (Å²) in [7, 11) is 0. The molecule has 3 aromatic carbocycles. The van der Waals surface area contributed by atoms with E-state index in [1.807, 2.05) is 12.1 Å². The maximum absolute atomic E-state index is 13.1. The highest BCUT2D eigenvalue weighted by molar-refractivity contribution is 6.30. The van der Waals surface area contributed by atoms with Crippen LogP contribution in [0.15, 0.2) is 79.0 Å². The zero-order chi connectivity index (χ0) is 22.9. The Hall–Kier alpha value is -3.56. The first kappa shape index (κ1) is 21.7. The third kappa shape index (κ3) is 4.25. The number of nitriles is 1. The second kappa shape index (κ2) is 8.52. The van der Waals surface area contributed by atoms with Crippen LogP contribution in [0.25, 0.3) is 10.9 Å². The average Bonchev–Trinajstić information content (AvgIpc) is 3.16. The van der Waals surface area contributed by atoms with E-state index in [1.54, 1.807) is 47.2 Å². The third-order valence-corrected chi connectivity index (χ3v) is 5.62. The fraction of sp³-hybridized carbons (Fsp3) is 0.120. The number of hydrogen-bond donors (Lipinski definition) is 0. The van der Waals surface area contributed by atoms with Crippen molar-refractivity contribution in [3.05, 3.63) is 106 Å². The first-order chi connectivity index (χ1) is 15.3. The lowest BCUT2D eigenvalue weighted by Crippen LogP contribution is -2.15. The third-order valence-electron chi connectivity index (χ3n) is 5.36. The molecule has 4 rings (SSSR count). The van der Waals surface area contributed by atoms with Gasteiger partial charge >= 0.3 is 6.18 Å². The summed E-state index contributed by atoms with van der Waals surface area (Å²) in [4.78, 5) is 13.1. The smallest absolute Gasteiger partial charge is 0.338 e. The molecule has 4 aromatic rings. The Morgan fingerprint density at radius 3 is 2.28 bits per heavy atom. The van der Waals surface area contributed by atoms with Crippen LogP contribution in [0, 0.1) is 11.3 Å². The van der Waals surface area contributed by atoms with Gasteiger partial charge in [-0.05, 0) is 48.0 Å². The van der Waals surface area contributed by atoms with Crippen molar-refractivity contribution in [3.8, 4) is 6.07 Å². The molecule has 1 aromatic heterocycles. The van der Waals surface area contributed by atoms with Crippen molar-refractivity contribution in [1.82, 2.24) is 4.57 Å². The van der Waals surface area contributed by atoms with Gasteiger partial charge in [-0.2, -0.15) is 18.4 Å². The molecule has 3 nitrogen and oxygen atoms in total. The first-order valence-corrected chi connectivity index (χ1v) is 10.1. The molecule has 0 fully saturated rings. The highest BCUT2D eigenvalue weighted by Crippen LogP contribution is 2.34. The van der Waals surface area contributed by atoms with Crippen molar-refractivity contribution >= 4 is 28.3 Å². The Morgan fingerprint density at radius 1 is 1.00 bits per heavy atom. The summed E-state index contributed by atoms with van der Waals surface area (Å²) < 4.78 is 41.0. The van der Waals surface area contributed by atoms with Crippen molar-refractivity contribution in [2.75, 3.05) is 0 Å². The number of ketones is 1. The van der Waals surface area contributed by atoms with Crippen molar-refractivity contribution < 1.29 is 18.0 Å². The Labute approximate surface area is 187 Å². The number of Topliss-reactive ketones (excluding diaryl/α,β-unsaturated/α-hetero) is 1. The predicted octanol–water partition coefficient (Wildman–Crippen LogP) is 7.05. The van der Waals surface area contributed by atoms with E-state index in [9.17, 15) is 23.2 Å². The number of nitrogens with zero attached hydrogens (tertiary/aromatic N) is 2. The highest BCUT2D eigenvalue weighted by atomic mass is 35.5. The van der Waals surface area contributed by atoms with Gasteiger partial charge < -0.3 is 4.57 Å². The van der Waals surface area contributed by atoms with E-state index in [0.29, 0.717) is 27.1 Å². The molecule has 0 N–H and O–H groups in total. The van der Waals surface area contributed by atoms with Crippen LogP contribution in [0.1, 0.15) is 39.5 Å². The van der Waals surface area contributed by atoms with E-state index in [2.05, 4.69) is 6.07 Å². The van der Waals surface area contributed by atoms with E-state index in [1.165, 1.54) is 12.1 Å². The molecule has 7 heteroatoms. The van der Waals surface area contributed by atoms with Crippen LogP contribution in [-0.2, 0) is 6.18 Å². The van der Waals surface area contributed by atoms with Crippen molar-refractivity contribution in [3.63, 3.8) is 0 Å². The summed E-state index contributed by atoms with van der Waals surface area (Å²) >= 11 is 5.91. The summed E-state index contributed by atoms with van der Waals surface area (Å²) in [5.41, 5.74) is 1.36. The maximum Gasteiger partial charge on any atom is 0.416 e. The first-order valence-electron chi connectivity index (χ1n) is 9.73. The maximum atomic E-state index is 13.1. The lowest BCUT2D eigenvalue weighted by molar-refractivity contribution is -0.137. The minimum atomic E-state index is -4.46. The van der Waals surface area contributed by atoms with Crippen molar-refractivity contribution in [1.29, 1.82) is 5.26 Å². The molecular weight excluding hydrogens is 437 g/mol. The van der Waals surface area contributed by atoms with Crippen molar-refractivity contribution in [2.45, 2.75) is 18.6 Å². The van der Waals surface area contributed by atoms with Gasteiger partial charge in [-0.1, -0.05) is 41.9 Å². The molecule has 0 aliphatic rings. The van der Waals surface area contributed by atoms with E-state index < -0.39 is 17.8 Å². The molecule has 0 aliphatic carbocycles. The summed E-state index contributed by atoms with van der Waals surface area (Å²) in [6.07, 6.45) is -2.82. The Morgan fingerprint density at radius 2 is 1.66 bits per heavy atom. The second-order valence-corrected chi connectivity index (χ2v) is 7.79. The molecule has 0 saturated carbocycles. The summed E-state index contributed by atoms with van der Waals surface area (Å²) in [6, 6.07) is 20.0. The Kier molecular flexibility index (Phi) is 5.77. The topological polar surface area (TPSA) is 45.8 Å². The molecule has 0 radical (unpaired) electrons. The van der Waals surface area contributed by atoms with Gasteiger partial charge in [0.2, 0.25) is 0 Å². The molecule has 160 valence electrons. The molecule has 0 spiro atoms. The molecule has 1 unspecified atom stereocenters. The number of rotatable bonds is 5. The predicted molar refractivity (Wildman–Crippen MR) is 117 cm³/mol. The van der Waals surface area contributed by atoms with E-state index in [0.717, 1.165) is 17.6 Å². The Bertz CT molecular complexity index is 1320. The molecular formula is C25H16ClF3N2O. The molecule has 0 saturated heterocycles. The van der Waals surface area contributed by atoms with Gasteiger partial charge in [0.25, 0.3) is 0 Å². The van der Waals surface area contributed by atoms with Crippen LogP contribution < -0.4 is 0 Å². The van der Waals surface area contributed by atoms with Gasteiger partial charge in [0.05, 0.1) is 17.2 Å². The molecule has 0 bridgehead atoms. The number of alkyl halides is 3. The highest BCUT2D eigenvalue weighted by Gasteiger charge is 2.31. The van der Waals surface area contributed by atoms with Crippen LogP contribution in [0.2, 0.25) is 5.02 Å². The minimum Gasteiger partial charge on any atom is -0.338 e. The quantitative estimate of drug-likeness (QED) is 0.305. The number of carbonyl (C=O) groups excluding carboxylic acids is 1. The number of carbonyl (C=O) groups is 1. The SMILES string of the molecule is N#Cc1cn(C(CC(=O)c2ccc(Cl)cc2)c2ccc(C(F)(F)F)cc2)c2ccccc12. The van der Waals surface area contributed by atoms with Crippen LogP contribution in [-0.4, -0.2) is 10.4 Å². The zero-order valence-electron chi connectivity index (χ0n) is 16.6. The van der Waals surface area contributed by atoms with Crippen LogP contribution in [0.5, 0.6) is 0 Å². The van der Waals surface area contributed by atoms with E-state index >= 15 is 0 Å². The van der Waals surface area contributed by atoms with E-state index in [4.69, 9.17) is 11.6 Å². The summed E-state index contributed by atoms with van der Waals surface area (Å²) in [5, 5.41) is 10.8. The monoisotopic (exact) mass is 452 g/mol. The van der Waals surface area contributed by atoms with Crippen LogP contribution in [0.4, 0.5) is 13.2 Å². The van der Waals surface area contributed by atoms with E-state index in [-0.39, 0.29) is 12.2 Å². The van der Waals surface area contributed by atoms with Gasteiger partial charge in [-0.3, -0.25) is 4.79 Å².